The van der Waals surface area contributed by atoms with Crippen molar-refractivity contribution in [2.75, 3.05) is 19.8 Å². The van der Waals surface area contributed by atoms with E-state index in [2.05, 4.69) is 19.2 Å². The molecular weight excluding hydrogens is 142 g/mol. The molecule has 0 saturated carbocycles. The fourth-order valence-electron chi connectivity index (χ4n) is 1.67. The Balaban J connectivity index is 2.02. The van der Waals surface area contributed by atoms with Crippen LogP contribution in [0, 0.1) is 0 Å². The topological polar surface area (TPSA) is 30.5 Å². The molecule has 64 valence electrons. The second-order valence-corrected chi connectivity index (χ2v) is 3.94. The van der Waals surface area contributed by atoms with Crippen molar-refractivity contribution >= 4 is 0 Å². The molecule has 11 heavy (non-hydrogen) atoms. The molecule has 0 amide bonds. The molecule has 0 spiro atoms. The zero-order valence-electron chi connectivity index (χ0n) is 7.09. The highest BCUT2D eigenvalue weighted by molar-refractivity contribution is 4.91. The lowest BCUT2D eigenvalue weighted by Crippen LogP contribution is -2.56. The minimum absolute atomic E-state index is 0.0190. The van der Waals surface area contributed by atoms with Gasteiger partial charge in [0, 0.05) is 6.54 Å². The van der Waals surface area contributed by atoms with Crippen molar-refractivity contribution in [3.63, 3.8) is 0 Å². The van der Waals surface area contributed by atoms with E-state index in [1.54, 1.807) is 0 Å². The standard InChI is InChI=1S/C8H15NO2/c1-8(2)5-9-6-3-10-4-7(6)11-8/h6-7,9H,3-5H2,1-2H3/t6-,7+/m0/s1. The van der Waals surface area contributed by atoms with Crippen LogP contribution in [0.4, 0.5) is 0 Å². The van der Waals surface area contributed by atoms with Crippen LogP contribution in [0.1, 0.15) is 13.8 Å². The molecule has 0 aromatic carbocycles. The molecule has 2 aliphatic rings. The molecule has 2 heterocycles. The number of nitrogens with one attached hydrogen (secondary N) is 1. The summed E-state index contributed by atoms with van der Waals surface area (Å²) in [5.41, 5.74) is -0.0190. The van der Waals surface area contributed by atoms with Gasteiger partial charge in [0.1, 0.15) is 0 Å². The first-order chi connectivity index (χ1) is 5.17. The van der Waals surface area contributed by atoms with Gasteiger partial charge in [-0.05, 0) is 13.8 Å². The van der Waals surface area contributed by atoms with E-state index >= 15 is 0 Å². The van der Waals surface area contributed by atoms with Crippen molar-refractivity contribution in [1.82, 2.24) is 5.32 Å². The number of ether oxygens (including phenoxy) is 2. The number of morpholine rings is 1. The molecule has 2 fully saturated rings. The smallest absolute Gasteiger partial charge is 0.0991 e. The Morgan fingerprint density at radius 1 is 1.36 bits per heavy atom. The van der Waals surface area contributed by atoms with Gasteiger partial charge in [-0.2, -0.15) is 0 Å². The molecule has 0 aliphatic carbocycles. The summed E-state index contributed by atoms with van der Waals surface area (Å²) >= 11 is 0. The van der Waals surface area contributed by atoms with Crippen molar-refractivity contribution in [1.29, 1.82) is 0 Å². The maximum Gasteiger partial charge on any atom is 0.0991 e. The molecule has 0 unspecified atom stereocenters. The fourth-order valence-corrected chi connectivity index (χ4v) is 1.67. The van der Waals surface area contributed by atoms with Crippen LogP contribution in [-0.2, 0) is 9.47 Å². The Labute approximate surface area is 67.1 Å². The van der Waals surface area contributed by atoms with Gasteiger partial charge in [0.15, 0.2) is 0 Å². The summed E-state index contributed by atoms with van der Waals surface area (Å²) in [4.78, 5) is 0. The van der Waals surface area contributed by atoms with Crippen molar-refractivity contribution in [2.45, 2.75) is 31.6 Å². The highest BCUT2D eigenvalue weighted by atomic mass is 16.6. The second-order valence-electron chi connectivity index (χ2n) is 3.94. The van der Waals surface area contributed by atoms with E-state index in [1.165, 1.54) is 0 Å². The van der Waals surface area contributed by atoms with Gasteiger partial charge < -0.3 is 14.8 Å². The van der Waals surface area contributed by atoms with Gasteiger partial charge in [-0.1, -0.05) is 0 Å². The average Bonchev–Trinajstić information content (AvgIpc) is 2.31. The van der Waals surface area contributed by atoms with Crippen LogP contribution in [0.2, 0.25) is 0 Å². The molecule has 0 aromatic rings. The Kier molecular flexibility index (Phi) is 1.67. The first-order valence-electron chi connectivity index (χ1n) is 4.16. The summed E-state index contributed by atoms with van der Waals surface area (Å²) in [6, 6.07) is 0.433. The Bertz CT molecular complexity index is 158. The van der Waals surface area contributed by atoms with Gasteiger partial charge in [-0.25, -0.2) is 0 Å². The molecular formula is C8H15NO2. The maximum absolute atomic E-state index is 5.81. The molecule has 3 nitrogen and oxygen atoms in total. The highest BCUT2D eigenvalue weighted by Crippen LogP contribution is 2.22. The van der Waals surface area contributed by atoms with Gasteiger partial charge >= 0.3 is 0 Å². The molecule has 3 heteroatoms. The van der Waals surface area contributed by atoms with E-state index < -0.39 is 0 Å². The van der Waals surface area contributed by atoms with Crippen LogP contribution < -0.4 is 5.32 Å². The van der Waals surface area contributed by atoms with E-state index in [9.17, 15) is 0 Å². The summed E-state index contributed by atoms with van der Waals surface area (Å²) in [5.74, 6) is 0. The zero-order chi connectivity index (χ0) is 7.90. The van der Waals surface area contributed by atoms with Gasteiger partial charge in [0.05, 0.1) is 31.0 Å². The predicted molar refractivity (Wildman–Crippen MR) is 41.6 cm³/mol. The van der Waals surface area contributed by atoms with E-state index in [4.69, 9.17) is 9.47 Å². The summed E-state index contributed by atoms with van der Waals surface area (Å²) in [5, 5.41) is 3.42. The first kappa shape index (κ1) is 7.53. The summed E-state index contributed by atoms with van der Waals surface area (Å²) in [6.07, 6.45) is 0.277. The largest absolute Gasteiger partial charge is 0.377 e. The van der Waals surface area contributed by atoms with E-state index in [1.807, 2.05) is 0 Å². The normalized spacial score (nSPS) is 42.0. The number of hydrogen-bond acceptors (Lipinski definition) is 3. The second kappa shape index (κ2) is 2.44. The van der Waals surface area contributed by atoms with Crippen LogP contribution in [0.3, 0.4) is 0 Å². The lowest BCUT2D eigenvalue weighted by atomic mass is 10.0. The average molecular weight is 157 g/mol. The third kappa shape index (κ3) is 1.41. The van der Waals surface area contributed by atoms with Crippen LogP contribution in [0.15, 0.2) is 0 Å². The molecule has 0 bridgehead atoms. The minimum Gasteiger partial charge on any atom is -0.377 e. The van der Waals surface area contributed by atoms with Crippen LogP contribution in [-0.4, -0.2) is 37.5 Å². The quantitative estimate of drug-likeness (QED) is 0.543. The van der Waals surface area contributed by atoms with E-state index in [0.29, 0.717) is 6.04 Å². The van der Waals surface area contributed by atoms with Crippen molar-refractivity contribution in [2.24, 2.45) is 0 Å². The van der Waals surface area contributed by atoms with Crippen LogP contribution in [0.25, 0.3) is 0 Å². The summed E-state index contributed by atoms with van der Waals surface area (Å²) < 4.78 is 11.1. The third-order valence-electron chi connectivity index (χ3n) is 2.29. The molecule has 2 atom stereocenters. The fraction of sp³-hybridized carbons (Fsp3) is 1.00. The van der Waals surface area contributed by atoms with Crippen molar-refractivity contribution in [3.8, 4) is 0 Å². The SMILES string of the molecule is CC1(C)CN[C@H]2COC[C@H]2O1. The molecule has 1 N–H and O–H groups in total. The third-order valence-corrected chi connectivity index (χ3v) is 2.29. The molecule has 2 rings (SSSR count). The molecule has 2 saturated heterocycles. The summed E-state index contributed by atoms with van der Waals surface area (Å²) in [6.45, 7) is 6.70. The van der Waals surface area contributed by atoms with Crippen molar-refractivity contribution < 1.29 is 9.47 Å². The Hall–Kier alpha value is -0.120. The highest BCUT2D eigenvalue weighted by Gasteiger charge is 2.38. The zero-order valence-corrected chi connectivity index (χ0v) is 7.09. The van der Waals surface area contributed by atoms with Gasteiger partial charge in [0.25, 0.3) is 0 Å². The number of hydrogen-bond donors (Lipinski definition) is 1. The minimum atomic E-state index is -0.0190. The van der Waals surface area contributed by atoms with Gasteiger partial charge in [0.2, 0.25) is 0 Å². The molecule has 0 aromatic heterocycles. The van der Waals surface area contributed by atoms with Crippen LogP contribution in [0.5, 0.6) is 0 Å². The van der Waals surface area contributed by atoms with Crippen LogP contribution >= 0.6 is 0 Å². The Morgan fingerprint density at radius 3 is 3.00 bits per heavy atom. The van der Waals surface area contributed by atoms with E-state index in [0.717, 1.165) is 19.8 Å². The number of fused-ring (bicyclic) bond motifs is 1. The van der Waals surface area contributed by atoms with Crippen molar-refractivity contribution in [3.05, 3.63) is 0 Å². The van der Waals surface area contributed by atoms with Gasteiger partial charge in [-0.3, -0.25) is 0 Å². The lowest BCUT2D eigenvalue weighted by Gasteiger charge is -2.37. The van der Waals surface area contributed by atoms with Gasteiger partial charge in [-0.15, -0.1) is 0 Å². The monoisotopic (exact) mass is 157 g/mol. The number of rotatable bonds is 0. The lowest BCUT2D eigenvalue weighted by molar-refractivity contribution is -0.103. The maximum atomic E-state index is 5.81. The summed E-state index contributed by atoms with van der Waals surface area (Å²) in [7, 11) is 0. The molecule has 2 aliphatic heterocycles. The molecule has 0 radical (unpaired) electrons. The first-order valence-corrected chi connectivity index (χ1v) is 4.16. The predicted octanol–water partition coefficient (Wildman–Crippen LogP) is 0.152. The Morgan fingerprint density at radius 2 is 2.18 bits per heavy atom. The van der Waals surface area contributed by atoms with E-state index in [-0.39, 0.29) is 11.7 Å².